The second-order valence-electron chi connectivity index (χ2n) is 4.08. The Hall–Kier alpha value is -1.15. The Labute approximate surface area is 97.9 Å². The summed E-state index contributed by atoms with van der Waals surface area (Å²) < 4.78 is 0. The first-order valence-corrected chi connectivity index (χ1v) is 6.07. The Morgan fingerprint density at radius 2 is 1.88 bits per heavy atom. The first kappa shape index (κ1) is 12.9. The van der Waals surface area contributed by atoms with Gasteiger partial charge in [0.25, 0.3) is 0 Å². The van der Waals surface area contributed by atoms with Crippen molar-refractivity contribution in [1.82, 2.24) is 0 Å². The van der Waals surface area contributed by atoms with Crippen LogP contribution in [0.4, 0.5) is 0 Å². The normalized spacial score (nSPS) is 19.9. The van der Waals surface area contributed by atoms with E-state index in [1.165, 1.54) is 12.0 Å². The van der Waals surface area contributed by atoms with Crippen LogP contribution in [0, 0.1) is 0 Å². The molecule has 0 spiro atoms. The fourth-order valence-electron chi connectivity index (χ4n) is 2.02. The van der Waals surface area contributed by atoms with E-state index in [9.17, 15) is 4.79 Å². The van der Waals surface area contributed by atoms with E-state index in [0.29, 0.717) is 5.78 Å². The molecule has 2 N–H and O–H groups in total. The fourth-order valence-corrected chi connectivity index (χ4v) is 2.02. The summed E-state index contributed by atoms with van der Waals surface area (Å²) in [4.78, 5) is 11.6. The lowest BCUT2D eigenvalue weighted by Crippen LogP contribution is -2.16. The van der Waals surface area contributed by atoms with Crippen molar-refractivity contribution in [3.63, 3.8) is 0 Å². The fraction of sp³-hybridized carbons (Fsp3) is 0.500. The van der Waals surface area contributed by atoms with Gasteiger partial charge in [0, 0.05) is 12.3 Å². The molecule has 0 amide bonds. The molecule has 0 aromatic heterocycles. The molecule has 16 heavy (non-hydrogen) atoms. The van der Waals surface area contributed by atoms with E-state index < -0.39 is 0 Å². The third-order valence-electron chi connectivity index (χ3n) is 2.76. The van der Waals surface area contributed by atoms with Gasteiger partial charge in [0.05, 0.1) is 0 Å². The van der Waals surface area contributed by atoms with Crippen molar-refractivity contribution in [3.05, 3.63) is 35.9 Å². The molecule has 1 saturated carbocycles. The molecule has 1 atom stereocenters. The molecule has 1 aromatic rings. The van der Waals surface area contributed by atoms with E-state index >= 15 is 0 Å². The van der Waals surface area contributed by atoms with Gasteiger partial charge in [-0.15, -0.1) is 0 Å². The Bertz CT molecular complexity index is 308. The summed E-state index contributed by atoms with van der Waals surface area (Å²) in [6, 6.07) is 10.1. The van der Waals surface area contributed by atoms with Gasteiger partial charge in [-0.1, -0.05) is 43.7 Å². The number of rotatable bonds is 1. The number of hydrogen-bond donors (Lipinski definition) is 1. The summed E-state index contributed by atoms with van der Waals surface area (Å²) in [5.74, 6) is 0.618. The predicted molar refractivity (Wildman–Crippen MR) is 67.4 cm³/mol. The van der Waals surface area contributed by atoms with Crippen LogP contribution in [0.2, 0.25) is 0 Å². The number of carbonyl (C=O) groups is 1. The molecular formula is C14H21NO. The van der Waals surface area contributed by atoms with Crippen LogP contribution < -0.4 is 5.73 Å². The van der Waals surface area contributed by atoms with Gasteiger partial charge in [-0.3, -0.25) is 4.79 Å². The van der Waals surface area contributed by atoms with Gasteiger partial charge < -0.3 is 5.73 Å². The number of benzene rings is 1. The van der Waals surface area contributed by atoms with Crippen molar-refractivity contribution in [1.29, 1.82) is 0 Å². The largest absolute Gasteiger partial charge is 0.331 e. The van der Waals surface area contributed by atoms with Gasteiger partial charge in [0.1, 0.15) is 5.78 Å². The van der Waals surface area contributed by atoms with Crippen LogP contribution in [0.5, 0.6) is 0 Å². The Balaban J connectivity index is 0.000000386. The van der Waals surface area contributed by atoms with Gasteiger partial charge in [0.15, 0.2) is 0 Å². The van der Waals surface area contributed by atoms with Crippen molar-refractivity contribution in [2.75, 3.05) is 6.54 Å². The van der Waals surface area contributed by atoms with Crippen molar-refractivity contribution in [3.8, 4) is 0 Å². The Kier molecular flexibility index (Phi) is 5.79. The minimum absolute atomic E-state index is 0.190. The highest BCUT2D eigenvalue weighted by atomic mass is 16.1. The molecule has 1 aliphatic carbocycles. The lowest BCUT2D eigenvalue weighted by atomic mass is 9.83. The number of ketones is 1. The number of Topliss-reactive ketones (excluding diaryl/α,β-unsaturated/α-hetero) is 1. The average Bonchev–Trinajstić information content (AvgIpc) is 2.32. The highest BCUT2D eigenvalue weighted by Gasteiger charge is 2.22. The van der Waals surface area contributed by atoms with Gasteiger partial charge in [0.2, 0.25) is 0 Å². The molecule has 0 radical (unpaired) electrons. The molecule has 0 bridgehead atoms. The van der Waals surface area contributed by atoms with Crippen LogP contribution in [-0.4, -0.2) is 12.3 Å². The lowest BCUT2D eigenvalue weighted by Gasteiger charge is -2.20. The van der Waals surface area contributed by atoms with Crippen molar-refractivity contribution in [2.24, 2.45) is 5.73 Å². The van der Waals surface area contributed by atoms with E-state index in [2.05, 4.69) is 12.1 Å². The smallest absolute Gasteiger partial charge is 0.140 e. The molecule has 0 heterocycles. The van der Waals surface area contributed by atoms with Crippen LogP contribution in [0.25, 0.3) is 0 Å². The summed E-state index contributed by atoms with van der Waals surface area (Å²) in [5.41, 5.74) is 6.05. The van der Waals surface area contributed by atoms with Crippen molar-refractivity contribution >= 4 is 5.78 Å². The number of nitrogens with two attached hydrogens (primary N) is 1. The maximum Gasteiger partial charge on any atom is 0.140 e. The van der Waals surface area contributed by atoms with Crippen LogP contribution in [0.3, 0.4) is 0 Å². The summed E-state index contributed by atoms with van der Waals surface area (Å²) in [7, 11) is 0. The standard InChI is InChI=1S/C12H14O.C2H7N/c13-12-9-5-4-8-11(12)10-6-2-1-3-7-10;1-2-3/h1-3,6-7,11H,4-5,8-9H2;2-3H2,1H3. The zero-order chi connectivity index (χ0) is 11.8. The summed E-state index contributed by atoms with van der Waals surface area (Å²) >= 11 is 0. The van der Waals surface area contributed by atoms with Crippen LogP contribution in [0.15, 0.2) is 30.3 Å². The van der Waals surface area contributed by atoms with Crippen LogP contribution in [-0.2, 0) is 4.79 Å². The molecule has 2 nitrogen and oxygen atoms in total. The molecule has 1 aromatic carbocycles. The summed E-state index contributed by atoms with van der Waals surface area (Å²) in [6.45, 7) is 2.65. The minimum Gasteiger partial charge on any atom is -0.331 e. The highest BCUT2D eigenvalue weighted by Crippen LogP contribution is 2.29. The van der Waals surface area contributed by atoms with Gasteiger partial charge in [-0.25, -0.2) is 0 Å². The molecule has 0 aliphatic heterocycles. The second-order valence-corrected chi connectivity index (χ2v) is 4.08. The molecule has 2 heteroatoms. The minimum atomic E-state index is 0.190. The number of carbonyl (C=O) groups excluding carboxylic acids is 1. The molecule has 2 rings (SSSR count). The molecule has 1 fully saturated rings. The zero-order valence-electron chi connectivity index (χ0n) is 9.99. The zero-order valence-corrected chi connectivity index (χ0v) is 9.99. The first-order valence-electron chi connectivity index (χ1n) is 6.07. The average molecular weight is 219 g/mol. The SMILES string of the molecule is CCN.O=C1CCCCC1c1ccccc1. The molecule has 0 saturated heterocycles. The summed E-state index contributed by atoms with van der Waals surface area (Å²) in [6.07, 6.45) is 4.11. The quantitative estimate of drug-likeness (QED) is 0.789. The monoisotopic (exact) mass is 219 g/mol. The lowest BCUT2D eigenvalue weighted by molar-refractivity contribution is -0.121. The third-order valence-corrected chi connectivity index (χ3v) is 2.76. The van der Waals surface area contributed by atoms with Gasteiger partial charge in [-0.05, 0) is 24.9 Å². The van der Waals surface area contributed by atoms with E-state index in [4.69, 9.17) is 5.73 Å². The molecule has 1 unspecified atom stereocenters. The highest BCUT2D eigenvalue weighted by molar-refractivity contribution is 5.86. The molecular weight excluding hydrogens is 198 g/mol. The van der Waals surface area contributed by atoms with Crippen LogP contribution >= 0.6 is 0 Å². The summed E-state index contributed by atoms with van der Waals surface area (Å²) in [5, 5.41) is 0. The van der Waals surface area contributed by atoms with Gasteiger partial charge in [-0.2, -0.15) is 0 Å². The molecule has 88 valence electrons. The third kappa shape index (κ3) is 3.78. The van der Waals surface area contributed by atoms with E-state index in [-0.39, 0.29) is 5.92 Å². The maximum absolute atomic E-state index is 11.6. The van der Waals surface area contributed by atoms with Crippen molar-refractivity contribution < 1.29 is 4.79 Å². The molecule has 1 aliphatic rings. The van der Waals surface area contributed by atoms with Crippen LogP contribution in [0.1, 0.15) is 44.1 Å². The van der Waals surface area contributed by atoms with Crippen molar-refractivity contribution in [2.45, 2.75) is 38.5 Å². The number of hydrogen-bond acceptors (Lipinski definition) is 2. The van der Waals surface area contributed by atoms with E-state index in [0.717, 1.165) is 25.8 Å². The Morgan fingerprint density at radius 1 is 1.25 bits per heavy atom. The first-order chi connectivity index (χ1) is 7.79. The Morgan fingerprint density at radius 3 is 2.44 bits per heavy atom. The second kappa shape index (κ2) is 7.18. The van der Waals surface area contributed by atoms with E-state index in [1.54, 1.807) is 0 Å². The topological polar surface area (TPSA) is 43.1 Å². The van der Waals surface area contributed by atoms with Gasteiger partial charge >= 0.3 is 0 Å². The predicted octanol–water partition coefficient (Wildman–Crippen LogP) is 2.88. The maximum atomic E-state index is 11.6. The van der Waals surface area contributed by atoms with E-state index in [1.807, 2.05) is 25.1 Å².